The van der Waals surface area contributed by atoms with Crippen LogP contribution >= 0.6 is 11.8 Å². The number of esters is 1. The number of rotatable bonds is 1. The number of thioether (sulfide) groups is 1. The summed E-state index contributed by atoms with van der Waals surface area (Å²) in [5, 5.41) is 13.8. The Balaban J connectivity index is 1.82. The summed E-state index contributed by atoms with van der Waals surface area (Å²) in [5.74, 6) is -0.991. The highest BCUT2D eigenvalue weighted by atomic mass is 32.2. The van der Waals surface area contributed by atoms with Gasteiger partial charge in [-0.05, 0) is 45.4 Å². The molecule has 7 heteroatoms. The van der Waals surface area contributed by atoms with Crippen molar-refractivity contribution in [2.75, 3.05) is 5.75 Å². The van der Waals surface area contributed by atoms with Crippen LogP contribution in [-0.4, -0.2) is 46.1 Å². The van der Waals surface area contributed by atoms with Crippen LogP contribution in [-0.2, 0) is 14.3 Å². The summed E-state index contributed by atoms with van der Waals surface area (Å²) in [6, 6.07) is -0.497. The fraction of sp³-hybridized carbons (Fsp3) is 0.714. The Bertz CT molecular complexity index is 676. The summed E-state index contributed by atoms with van der Waals surface area (Å²) >= 11 is 1.14. The Kier molecular flexibility index (Phi) is 6.89. The van der Waals surface area contributed by atoms with Gasteiger partial charge < -0.3 is 19.9 Å². The van der Waals surface area contributed by atoms with Crippen molar-refractivity contribution in [2.45, 2.75) is 83.3 Å². The third-order valence-corrected chi connectivity index (χ3v) is 6.83. The van der Waals surface area contributed by atoms with E-state index in [2.05, 4.69) is 24.4 Å². The van der Waals surface area contributed by atoms with Gasteiger partial charge in [-0.1, -0.05) is 36.4 Å². The third kappa shape index (κ3) is 5.19. The number of hydrogen-bond donors (Lipinski definition) is 2. The van der Waals surface area contributed by atoms with Crippen LogP contribution in [0.3, 0.4) is 0 Å². The van der Waals surface area contributed by atoms with Crippen LogP contribution in [0.1, 0.15) is 59.3 Å². The SMILES string of the molecule is CC1=C(C)C(=O)O[C@@H]2C[C@@H](CC[C@H](C)C=CCC1)O[C@@](O)([C@@H]1CSC(=O)N1)C2. The van der Waals surface area contributed by atoms with E-state index in [1.54, 1.807) is 6.92 Å². The first-order valence-electron chi connectivity index (χ1n) is 10.1. The van der Waals surface area contributed by atoms with Crippen LogP contribution < -0.4 is 5.32 Å². The standard InChI is InChI=1S/C21H31NO5S/c1-13-6-4-5-7-14(2)15(3)19(23)26-17-10-16(9-8-13)27-21(25,11-17)18-12-28-20(24)22-18/h4,6,13,16-18,25H,5,7-12H2,1-3H3,(H,22,24)/t13-,16-,17-,18+,21-/m1/s1. The van der Waals surface area contributed by atoms with E-state index in [0.717, 1.165) is 43.0 Å². The van der Waals surface area contributed by atoms with Gasteiger partial charge in [0.05, 0.1) is 12.1 Å². The van der Waals surface area contributed by atoms with Gasteiger partial charge in [0.1, 0.15) is 6.10 Å². The molecule has 3 aliphatic rings. The highest BCUT2D eigenvalue weighted by Crippen LogP contribution is 2.37. The first-order valence-corrected chi connectivity index (χ1v) is 11.1. The Morgan fingerprint density at radius 1 is 1.25 bits per heavy atom. The molecule has 0 radical (unpaired) electrons. The van der Waals surface area contributed by atoms with Gasteiger partial charge in [-0.3, -0.25) is 4.79 Å². The third-order valence-electron chi connectivity index (χ3n) is 5.95. The lowest BCUT2D eigenvalue weighted by atomic mass is 9.90. The van der Waals surface area contributed by atoms with E-state index in [-0.39, 0.29) is 23.7 Å². The number of amides is 1. The summed E-state index contributed by atoms with van der Waals surface area (Å²) in [6.07, 6.45) is 7.89. The summed E-state index contributed by atoms with van der Waals surface area (Å²) < 4.78 is 11.9. The lowest BCUT2D eigenvalue weighted by Gasteiger charge is -2.43. The van der Waals surface area contributed by atoms with E-state index in [9.17, 15) is 14.7 Å². The molecule has 5 atom stereocenters. The van der Waals surface area contributed by atoms with Gasteiger partial charge in [-0.15, -0.1) is 0 Å². The van der Waals surface area contributed by atoms with Crippen molar-refractivity contribution < 1.29 is 24.2 Å². The van der Waals surface area contributed by atoms with Crippen molar-refractivity contribution in [3.63, 3.8) is 0 Å². The van der Waals surface area contributed by atoms with Crippen molar-refractivity contribution in [3.8, 4) is 0 Å². The van der Waals surface area contributed by atoms with Crippen LogP contribution in [0.4, 0.5) is 4.79 Å². The van der Waals surface area contributed by atoms with E-state index in [1.165, 1.54) is 0 Å². The Morgan fingerprint density at radius 2 is 2.04 bits per heavy atom. The molecule has 2 bridgehead atoms. The topological polar surface area (TPSA) is 84.9 Å². The van der Waals surface area contributed by atoms with Gasteiger partial charge in [0.25, 0.3) is 5.24 Å². The first kappa shape index (κ1) is 21.4. The van der Waals surface area contributed by atoms with Gasteiger partial charge in [0.2, 0.25) is 0 Å². The molecule has 2 N–H and O–H groups in total. The molecule has 0 aromatic heterocycles. The molecule has 28 heavy (non-hydrogen) atoms. The molecule has 156 valence electrons. The minimum atomic E-state index is -1.52. The van der Waals surface area contributed by atoms with Crippen LogP contribution in [0.25, 0.3) is 0 Å². The first-order chi connectivity index (χ1) is 13.3. The second-order valence-corrected chi connectivity index (χ2v) is 9.27. The van der Waals surface area contributed by atoms with Crippen molar-refractivity contribution in [1.29, 1.82) is 0 Å². The summed E-state index contributed by atoms with van der Waals surface area (Å²) in [6.45, 7) is 5.94. The molecule has 0 aromatic rings. The molecule has 0 saturated carbocycles. The molecular formula is C21H31NO5S. The highest BCUT2D eigenvalue weighted by molar-refractivity contribution is 8.14. The lowest BCUT2D eigenvalue weighted by Crippen LogP contribution is -2.58. The summed E-state index contributed by atoms with van der Waals surface area (Å²) in [7, 11) is 0. The number of allylic oxidation sites excluding steroid dienone is 3. The molecule has 0 spiro atoms. The van der Waals surface area contributed by atoms with E-state index >= 15 is 0 Å². The normalized spacial score (nSPS) is 38.0. The van der Waals surface area contributed by atoms with Gasteiger partial charge in [0.15, 0.2) is 5.79 Å². The molecule has 2 saturated heterocycles. The number of ether oxygens (including phenoxy) is 2. The fourth-order valence-electron chi connectivity index (χ4n) is 3.98. The largest absolute Gasteiger partial charge is 0.459 e. The molecule has 0 aliphatic carbocycles. The van der Waals surface area contributed by atoms with Crippen LogP contribution in [0.2, 0.25) is 0 Å². The van der Waals surface area contributed by atoms with E-state index in [4.69, 9.17) is 9.47 Å². The molecule has 3 heterocycles. The number of carbonyl (C=O) groups excluding carboxylic acids is 2. The fourth-order valence-corrected chi connectivity index (χ4v) is 4.87. The molecule has 6 nitrogen and oxygen atoms in total. The van der Waals surface area contributed by atoms with Crippen LogP contribution in [0, 0.1) is 5.92 Å². The Morgan fingerprint density at radius 3 is 2.75 bits per heavy atom. The second kappa shape index (κ2) is 9.01. The average Bonchev–Trinajstić information content (AvgIpc) is 3.09. The van der Waals surface area contributed by atoms with Gasteiger partial charge in [0, 0.05) is 24.2 Å². The number of nitrogens with one attached hydrogen (secondary N) is 1. The van der Waals surface area contributed by atoms with E-state index in [1.807, 2.05) is 6.92 Å². The molecule has 1 amide bonds. The molecule has 3 aliphatic heterocycles. The lowest BCUT2D eigenvalue weighted by molar-refractivity contribution is -0.283. The molecule has 3 rings (SSSR count). The van der Waals surface area contributed by atoms with Gasteiger partial charge >= 0.3 is 5.97 Å². The Labute approximate surface area is 171 Å². The Hall–Kier alpha value is -1.31. The van der Waals surface area contributed by atoms with Crippen LogP contribution in [0.15, 0.2) is 23.3 Å². The van der Waals surface area contributed by atoms with Crippen molar-refractivity contribution in [3.05, 3.63) is 23.3 Å². The second-order valence-electron chi connectivity index (χ2n) is 8.27. The van der Waals surface area contributed by atoms with E-state index in [0.29, 0.717) is 23.7 Å². The molecular weight excluding hydrogens is 378 g/mol. The van der Waals surface area contributed by atoms with Crippen molar-refractivity contribution >= 4 is 23.0 Å². The number of hydrogen-bond acceptors (Lipinski definition) is 6. The van der Waals surface area contributed by atoms with Crippen molar-refractivity contribution in [2.24, 2.45) is 5.92 Å². The van der Waals surface area contributed by atoms with Crippen molar-refractivity contribution in [1.82, 2.24) is 5.32 Å². The maximum atomic E-state index is 12.6. The quantitative estimate of drug-likeness (QED) is 0.507. The van der Waals surface area contributed by atoms with E-state index < -0.39 is 17.9 Å². The minimum absolute atomic E-state index is 0.159. The zero-order chi connectivity index (χ0) is 20.3. The number of carbonyl (C=O) groups is 2. The monoisotopic (exact) mass is 409 g/mol. The summed E-state index contributed by atoms with van der Waals surface area (Å²) in [4.78, 5) is 24.3. The smallest absolute Gasteiger partial charge is 0.333 e. The highest BCUT2D eigenvalue weighted by Gasteiger charge is 2.49. The van der Waals surface area contributed by atoms with Crippen LogP contribution in [0.5, 0.6) is 0 Å². The molecule has 2 fully saturated rings. The maximum absolute atomic E-state index is 12.6. The number of fused-ring (bicyclic) bond motifs is 2. The zero-order valence-corrected chi connectivity index (χ0v) is 17.7. The summed E-state index contributed by atoms with van der Waals surface area (Å²) in [5.41, 5.74) is 1.66. The molecule has 0 unspecified atom stereocenters. The predicted octanol–water partition coefficient (Wildman–Crippen LogP) is 3.69. The molecule has 0 aromatic carbocycles. The minimum Gasteiger partial charge on any atom is -0.459 e. The number of aliphatic hydroxyl groups is 1. The average molecular weight is 410 g/mol. The predicted molar refractivity (Wildman–Crippen MR) is 109 cm³/mol. The van der Waals surface area contributed by atoms with Gasteiger partial charge in [-0.25, -0.2) is 4.79 Å². The van der Waals surface area contributed by atoms with Gasteiger partial charge in [-0.2, -0.15) is 0 Å². The zero-order valence-electron chi connectivity index (χ0n) is 16.9. The maximum Gasteiger partial charge on any atom is 0.333 e.